The number of nitriles is 2. The van der Waals surface area contributed by atoms with Gasteiger partial charge in [0.25, 0.3) is 0 Å². The first-order valence-corrected chi connectivity index (χ1v) is 18.0. The summed E-state index contributed by atoms with van der Waals surface area (Å²) in [5.74, 6) is 2.80. The van der Waals surface area contributed by atoms with Crippen LogP contribution in [0.2, 0.25) is 0 Å². The van der Waals surface area contributed by atoms with Gasteiger partial charge in [-0.1, -0.05) is 36.4 Å². The summed E-state index contributed by atoms with van der Waals surface area (Å²) in [5, 5.41) is 25.2. The molecule has 0 saturated carbocycles. The third kappa shape index (κ3) is 5.27. The van der Waals surface area contributed by atoms with Crippen molar-refractivity contribution in [3.05, 3.63) is 145 Å². The van der Waals surface area contributed by atoms with Gasteiger partial charge in [-0.05, 0) is 72.8 Å². The molecule has 0 unspecified atom stereocenters. The Hall–Kier alpha value is -7.68. The van der Waals surface area contributed by atoms with Crippen LogP contribution in [0.15, 0.2) is 133 Å². The number of methoxy groups -OCH3 is 4. The van der Waals surface area contributed by atoms with Gasteiger partial charge in [-0.25, -0.2) is 0 Å². The highest BCUT2D eigenvalue weighted by Gasteiger charge is 2.25. The van der Waals surface area contributed by atoms with Crippen LogP contribution < -0.4 is 18.9 Å². The lowest BCUT2D eigenvalue weighted by Crippen LogP contribution is -2.05. The van der Waals surface area contributed by atoms with Gasteiger partial charge in [-0.15, -0.1) is 0 Å². The second kappa shape index (κ2) is 13.6. The molecule has 0 aliphatic carbocycles. The lowest BCUT2D eigenvalue weighted by molar-refractivity contribution is 0.415. The number of ether oxygens (including phenoxy) is 4. The molecule has 8 nitrogen and oxygen atoms in total. The second-order valence-electron chi connectivity index (χ2n) is 13.4. The molecule has 0 amide bonds. The maximum absolute atomic E-state index is 10.6. The average molecular weight is 731 g/mol. The minimum Gasteiger partial charge on any atom is -0.497 e. The van der Waals surface area contributed by atoms with Gasteiger partial charge >= 0.3 is 0 Å². The molecule has 0 fully saturated rings. The van der Waals surface area contributed by atoms with Crippen molar-refractivity contribution in [3.63, 3.8) is 0 Å². The van der Waals surface area contributed by atoms with E-state index >= 15 is 0 Å². The highest BCUT2D eigenvalue weighted by atomic mass is 16.5. The molecule has 2 heterocycles. The Labute approximate surface area is 323 Å². The zero-order valence-electron chi connectivity index (χ0n) is 31.1. The van der Waals surface area contributed by atoms with E-state index in [-0.39, 0.29) is 0 Å². The van der Waals surface area contributed by atoms with Gasteiger partial charge in [-0.3, -0.25) is 0 Å². The number of aromatic nitrogens is 2. The highest BCUT2D eigenvalue weighted by molar-refractivity contribution is 6.12. The van der Waals surface area contributed by atoms with E-state index in [1.54, 1.807) is 28.4 Å². The summed E-state index contributed by atoms with van der Waals surface area (Å²) in [6, 6.07) is 48.8. The van der Waals surface area contributed by atoms with Crippen molar-refractivity contribution in [3.8, 4) is 68.8 Å². The first-order valence-electron chi connectivity index (χ1n) is 18.0. The fraction of sp³-hybridized carbons (Fsp3) is 0.0833. The first-order chi connectivity index (χ1) is 27.5. The van der Waals surface area contributed by atoms with E-state index in [1.165, 1.54) is 0 Å². The Bertz CT molecular complexity index is 2790. The average Bonchev–Trinajstić information content (AvgIpc) is 3.76. The predicted octanol–water partition coefficient (Wildman–Crippen LogP) is 11.0. The fourth-order valence-corrected chi connectivity index (χ4v) is 7.99. The molecule has 0 atom stereocenters. The normalized spacial score (nSPS) is 11.2. The molecule has 0 bridgehead atoms. The Morgan fingerprint density at radius 3 is 0.964 bits per heavy atom. The molecule has 56 heavy (non-hydrogen) atoms. The molecule has 0 N–H and O–H groups in total. The van der Waals surface area contributed by atoms with Gasteiger partial charge in [0, 0.05) is 68.1 Å². The molecule has 0 aliphatic heterocycles. The molecule has 0 radical (unpaired) electrons. The summed E-state index contributed by atoms with van der Waals surface area (Å²) in [7, 11) is 6.64. The molecule has 0 spiro atoms. The van der Waals surface area contributed by atoms with Crippen LogP contribution in [0.1, 0.15) is 11.1 Å². The number of hydrogen-bond donors (Lipinski definition) is 0. The third-order valence-electron chi connectivity index (χ3n) is 10.6. The van der Waals surface area contributed by atoms with Crippen LogP contribution in [0.4, 0.5) is 0 Å². The van der Waals surface area contributed by atoms with Crippen molar-refractivity contribution < 1.29 is 18.9 Å². The van der Waals surface area contributed by atoms with E-state index < -0.39 is 0 Å². The summed E-state index contributed by atoms with van der Waals surface area (Å²) < 4.78 is 27.5. The standard InChI is InChI=1S/C48H34N4O4/c1-53-31-13-17-37-38-18-14-32(54-2)22-44(38)51(43(37)21-31)47-25-42(36-12-8-6-10-30(36)28-50)48(26-41(47)35-11-7-5-9-29(35)27-49)52-45-23-33(55-3)15-19-39(45)40-20-16-34(56-4)24-46(40)52/h5-26H,1-4H3. The van der Waals surface area contributed by atoms with Crippen molar-refractivity contribution in [2.75, 3.05) is 28.4 Å². The van der Waals surface area contributed by atoms with Crippen LogP contribution in [0.5, 0.6) is 23.0 Å². The predicted molar refractivity (Wildman–Crippen MR) is 222 cm³/mol. The topological polar surface area (TPSA) is 94.4 Å². The largest absolute Gasteiger partial charge is 0.497 e. The number of benzene rings is 7. The molecule has 7 aromatic carbocycles. The van der Waals surface area contributed by atoms with Gasteiger partial charge in [0.2, 0.25) is 0 Å². The Kier molecular flexibility index (Phi) is 8.30. The van der Waals surface area contributed by atoms with Crippen LogP contribution in [0, 0.1) is 22.7 Å². The van der Waals surface area contributed by atoms with E-state index in [9.17, 15) is 10.5 Å². The Morgan fingerprint density at radius 2 is 0.679 bits per heavy atom. The summed E-state index contributed by atoms with van der Waals surface area (Å²) in [6.45, 7) is 0. The minimum atomic E-state index is 0.520. The number of rotatable bonds is 8. The molecular weight excluding hydrogens is 697 g/mol. The Morgan fingerprint density at radius 1 is 0.375 bits per heavy atom. The van der Waals surface area contributed by atoms with Gasteiger partial charge in [0.05, 0.1) is 85.1 Å². The zero-order chi connectivity index (χ0) is 38.5. The fourth-order valence-electron chi connectivity index (χ4n) is 7.99. The van der Waals surface area contributed by atoms with E-state index in [1.807, 2.05) is 97.1 Å². The van der Waals surface area contributed by atoms with Crippen LogP contribution in [-0.4, -0.2) is 37.6 Å². The number of fused-ring (bicyclic) bond motifs is 6. The summed E-state index contributed by atoms with van der Waals surface area (Å²) in [6.07, 6.45) is 0. The van der Waals surface area contributed by atoms with Gasteiger partial charge < -0.3 is 28.1 Å². The molecule has 9 aromatic rings. The zero-order valence-corrected chi connectivity index (χ0v) is 31.1. The number of nitrogens with zero attached hydrogens (tertiary/aromatic N) is 4. The van der Waals surface area contributed by atoms with Gasteiger partial charge in [0.15, 0.2) is 0 Å². The van der Waals surface area contributed by atoms with E-state index in [4.69, 9.17) is 18.9 Å². The van der Waals surface area contributed by atoms with Gasteiger partial charge in [-0.2, -0.15) is 10.5 Å². The van der Waals surface area contributed by atoms with Crippen molar-refractivity contribution in [1.29, 1.82) is 10.5 Å². The van der Waals surface area contributed by atoms with E-state index in [2.05, 4.69) is 57.7 Å². The van der Waals surface area contributed by atoms with Gasteiger partial charge in [0.1, 0.15) is 23.0 Å². The SMILES string of the molecule is COc1ccc2c3ccc(OC)cc3n(-c3cc(-c4ccccc4C#N)c(-n4c5cc(OC)ccc5c5ccc(OC)cc54)cc3-c3ccccc3C#N)c2c1. The van der Waals surface area contributed by atoms with Crippen molar-refractivity contribution in [2.24, 2.45) is 0 Å². The smallest absolute Gasteiger partial charge is 0.120 e. The van der Waals surface area contributed by atoms with Crippen molar-refractivity contribution in [1.82, 2.24) is 9.13 Å². The molecule has 0 saturated heterocycles. The Balaban J connectivity index is 1.53. The summed E-state index contributed by atoms with van der Waals surface area (Å²) in [4.78, 5) is 0. The molecule has 0 aliphatic rings. The molecule has 8 heteroatoms. The van der Waals surface area contributed by atoms with Crippen LogP contribution in [-0.2, 0) is 0 Å². The second-order valence-corrected chi connectivity index (χ2v) is 13.4. The molecular formula is C48H34N4O4. The van der Waals surface area contributed by atoms with Crippen LogP contribution in [0.3, 0.4) is 0 Å². The molecule has 2 aromatic heterocycles. The minimum absolute atomic E-state index is 0.520. The maximum atomic E-state index is 10.6. The quantitative estimate of drug-likeness (QED) is 0.154. The van der Waals surface area contributed by atoms with E-state index in [0.29, 0.717) is 34.1 Å². The lowest BCUT2D eigenvalue weighted by Gasteiger charge is -2.22. The van der Waals surface area contributed by atoms with Crippen LogP contribution >= 0.6 is 0 Å². The van der Waals surface area contributed by atoms with E-state index in [0.717, 1.165) is 77.2 Å². The molecule has 270 valence electrons. The van der Waals surface area contributed by atoms with Crippen molar-refractivity contribution >= 4 is 43.6 Å². The van der Waals surface area contributed by atoms with Crippen molar-refractivity contribution in [2.45, 2.75) is 0 Å². The lowest BCUT2D eigenvalue weighted by atomic mass is 9.92. The summed E-state index contributed by atoms with van der Waals surface area (Å²) in [5.41, 5.74) is 9.38. The first kappa shape index (κ1) is 34.1. The maximum Gasteiger partial charge on any atom is 0.120 e. The summed E-state index contributed by atoms with van der Waals surface area (Å²) >= 11 is 0. The third-order valence-corrected chi connectivity index (χ3v) is 10.6. The molecule has 9 rings (SSSR count). The van der Waals surface area contributed by atoms with Crippen LogP contribution in [0.25, 0.3) is 77.2 Å². The monoisotopic (exact) mass is 730 g/mol. The number of hydrogen-bond acceptors (Lipinski definition) is 6. The highest BCUT2D eigenvalue weighted by Crippen LogP contribution is 2.46.